The van der Waals surface area contributed by atoms with Crippen LogP contribution in [-0.4, -0.2) is 0 Å². The molecule has 4 rings (SSSR count). The van der Waals surface area contributed by atoms with Crippen molar-refractivity contribution >= 4 is 18.0 Å². The molecule has 4 aromatic carbocycles. The summed E-state index contributed by atoms with van der Waals surface area (Å²) in [6.07, 6.45) is 0. The summed E-state index contributed by atoms with van der Waals surface area (Å²) in [7, 11) is -3.50. The van der Waals surface area contributed by atoms with Crippen molar-refractivity contribution < 1.29 is 9.09 Å². The van der Waals surface area contributed by atoms with Gasteiger partial charge in [-0.2, -0.15) is 0 Å². The number of benzene rings is 4. The molecular weight excluding hydrogens is 377 g/mol. The van der Waals surface area contributed by atoms with Crippen molar-refractivity contribution in [3.05, 3.63) is 132 Å². The summed E-state index contributed by atoms with van der Waals surface area (Å²) in [6, 6.07) is 37.5. The molecule has 0 aliphatic rings. The van der Waals surface area contributed by atoms with Crippen LogP contribution in [0.5, 0.6) is 0 Å². The summed E-state index contributed by atoms with van der Waals surface area (Å²) < 4.78 is 21.0. The minimum absolute atomic E-state index is 0.605. The van der Waals surface area contributed by atoms with Crippen LogP contribution in [0.3, 0.4) is 0 Å². The number of rotatable bonds is 6. The van der Waals surface area contributed by atoms with Crippen LogP contribution in [0.1, 0.15) is 11.1 Å². The predicted molar refractivity (Wildman–Crippen MR) is 119 cm³/mol. The number of hydrogen-bond donors (Lipinski definition) is 1. The Morgan fingerprint density at radius 2 is 0.862 bits per heavy atom. The Morgan fingerprint density at radius 1 is 0.552 bits per heavy atom. The van der Waals surface area contributed by atoms with Crippen LogP contribution >= 0.6 is 7.37 Å². The lowest BCUT2D eigenvalue weighted by molar-refractivity contribution is 0.129. The van der Waals surface area contributed by atoms with E-state index in [1.54, 1.807) is 0 Å². The summed E-state index contributed by atoms with van der Waals surface area (Å²) >= 11 is 0. The van der Waals surface area contributed by atoms with Crippen molar-refractivity contribution in [2.75, 3.05) is 0 Å². The minimum Gasteiger partial charge on any atom is -0.295 e. The van der Waals surface area contributed by atoms with Crippen LogP contribution in [0.15, 0.2) is 121 Å². The first kappa shape index (κ1) is 19.4. The van der Waals surface area contributed by atoms with E-state index in [1.807, 2.05) is 121 Å². The topological polar surface area (TPSA) is 52.3 Å². The molecular formula is C25H22NO2P. The highest BCUT2D eigenvalue weighted by molar-refractivity contribution is 7.74. The van der Waals surface area contributed by atoms with Gasteiger partial charge >= 0.3 is 0 Å². The highest BCUT2D eigenvalue weighted by Crippen LogP contribution is 2.51. The van der Waals surface area contributed by atoms with Gasteiger partial charge in [0.15, 0.2) is 5.72 Å². The fourth-order valence-corrected chi connectivity index (χ4v) is 5.60. The van der Waals surface area contributed by atoms with Crippen molar-refractivity contribution in [1.29, 1.82) is 0 Å². The molecule has 0 bridgehead atoms. The van der Waals surface area contributed by atoms with Crippen LogP contribution in [0, 0.1) is 0 Å². The molecule has 0 aliphatic carbocycles. The molecule has 0 radical (unpaired) electrons. The van der Waals surface area contributed by atoms with E-state index < -0.39 is 13.1 Å². The third kappa shape index (κ3) is 3.81. The van der Waals surface area contributed by atoms with Gasteiger partial charge in [0, 0.05) is 21.7 Å². The molecule has 0 heterocycles. The first-order chi connectivity index (χ1) is 14.1. The van der Waals surface area contributed by atoms with Crippen molar-refractivity contribution in [2.24, 2.45) is 5.73 Å². The monoisotopic (exact) mass is 399 g/mol. The average molecular weight is 399 g/mol. The molecule has 0 fully saturated rings. The highest BCUT2D eigenvalue weighted by atomic mass is 31.2. The molecule has 0 aromatic heterocycles. The fourth-order valence-electron chi connectivity index (χ4n) is 3.35. The van der Waals surface area contributed by atoms with Gasteiger partial charge in [-0.15, -0.1) is 0 Å². The van der Waals surface area contributed by atoms with Crippen molar-refractivity contribution in [3.63, 3.8) is 0 Å². The van der Waals surface area contributed by atoms with Gasteiger partial charge in [0.1, 0.15) is 0 Å². The molecule has 0 amide bonds. The summed E-state index contributed by atoms with van der Waals surface area (Å²) in [5.74, 6) is 0. The minimum atomic E-state index is -3.50. The Kier molecular flexibility index (Phi) is 5.46. The maximum atomic E-state index is 14.5. The van der Waals surface area contributed by atoms with Crippen molar-refractivity contribution in [3.8, 4) is 0 Å². The molecule has 4 heteroatoms. The van der Waals surface area contributed by atoms with Gasteiger partial charge < -0.3 is 0 Å². The molecule has 4 aromatic rings. The van der Waals surface area contributed by atoms with E-state index in [2.05, 4.69) is 0 Å². The van der Waals surface area contributed by atoms with Crippen LogP contribution in [0.2, 0.25) is 0 Å². The fraction of sp³-hybridized carbons (Fsp3) is 0.0400. The normalized spacial score (nSPS) is 11.9. The van der Waals surface area contributed by atoms with Gasteiger partial charge in [0.25, 0.3) is 7.37 Å². The maximum absolute atomic E-state index is 14.5. The van der Waals surface area contributed by atoms with E-state index in [9.17, 15) is 4.57 Å². The zero-order valence-corrected chi connectivity index (χ0v) is 16.8. The van der Waals surface area contributed by atoms with E-state index in [1.165, 1.54) is 0 Å². The molecule has 0 saturated heterocycles. The maximum Gasteiger partial charge on any atom is 0.263 e. The first-order valence-corrected chi connectivity index (χ1v) is 11.1. The Balaban J connectivity index is 1.92. The van der Waals surface area contributed by atoms with E-state index >= 15 is 0 Å². The van der Waals surface area contributed by atoms with Gasteiger partial charge in [-0.3, -0.25) is 14.8 Å². The molecule has 0 saturated carbocycles. The van der Waals surface area contributed by atoms with Crippen LogP contribution in [0.25, 0.3) is 0 Å². The summed E-state index contributed by atoms with van der Waals surface area (Å²) in [5, 5.41) is 1.21. The molecule has 2 N–H and O–H groups in total. The van der Waals surface area contributed by atoms with Crippen molar-refractivity contribution in [1.82, 2.24) is 0 Å². The Morgan fingerprint density at radius 3 is 1.21 bits per heavy atom. The second-order valence-corrected chi connectivity index (χ2v) is 9.10. The van der Waals surface area contributed by atoms with Crippen LogP contribution in [0.4, 0.5) is 0 Å². The molecule has 0 atom stereocenters. The number of nitrogens with two attached hydrogens (primary N) is 1. The SMILES string of the molecule is NC(OP(=O)(c1ccccc1)c1ccccc1)(c1ccccc1)c1ccccc1. The summed E-state index contributed by atoms with van der Waals surface area (Å²) in [4.78, 5) is 0. The molecule has 144 valence electrons. The zero-order chi connectivity index (χ0) is 20.2. The van der Waals surface area contributed by atoms with E-state index in [-0.39, 0.29) is 0 Å². The molecule has 3 nitrogen and oxygen atoms in total. The van der Waals surface area contributed by atoms with Crippen LogP contribution < -0.4 is 16.3 Å². The Bertz CT molecular complexity index is 1020. The zero-order valence-electron chi connectivity index (χ0n) is 15.9. The standard InChI is InChI=1S/C25H22NO2P/c26-25(21-13-5-1-6-14-21,22-15-7-2-8-16-22)28-29(27,23-17-9-3-10-18-23)24-19-11-4-12-20-24/h1-20H,26H2. The van der Waals surface area contributed by atoms with Gasteiger partial charge in [-0.05, 0) is 24.3 Å². The Hall–Kier alpha value is -2.97. The summed E-state index contributed by atoms with van der Waals surface area (Å²) in [5.41, 5.74) is 6.99. The lowest BCUT2D eigenvalue weighted by atomic mass is 9.95. The molecule has 0 unspecified atom stereocenters. The second kappa shape index (κ2) is 8.18. The third-order valence-corrected chi connectivity index (χ3v) is 7.37. The van der Waals surface area contributed by atoms with Gasteiger partial charge in [-0.25, -0.2) is 0 Å². The van der Waals surface area contributed by atoms with E-state index in [4.69, 9.17) is 10.3 Å². The van der Waals surface area contributed by atoms with Gasteiger partial charge in [0.2, 0.25) is 0 Å². The van der Waals surface area contributed by atoms with E-state index in [0.29, 0.717) is 10.6 Å². The largest absolute Gasteiger partial charge is 0.295 e. The summed E-state index contributed by atoms with van der Waals surface area (Å²) in [6.45, 7) is 0. The lowest BCUT2D eigenvalue weighted by Crippen LogP contribution is -2.42. The molecule has 0 spiro atoms. The second-order valence-electron chi connectivity index (χ2n) is 6.78. The Labute approximate surface area is 171 Å². The van der Waals surface area contributed by atoms with Crippen molar-refractivity contribution in [2.45, 2.75) is 5.72 Å². The quantitative estimate of drug-likeness (QED) is 0.375. The smallest absolute Gasteiger partial charge is 0.263 e. The van der Waals surface area contributed by atoms with Gasteiger partial charge in [0.05, 0.1) is 0 Å². The molecule has 29 heavy (non-hydrogen) atoms. The predicted octanol–water partition coefficient (Wildman–Crippen LogP) is 4.79. The van der Waals surface area contributed by atoms with Crippen LogP contribution in [-0.2, 0) is 14.8 Å². The molecule has 0 aliphatic heterocycles. The first-order valence-electron chi connectivity index (χ1n) is 9.45. The van der Waals surface area contributed by atoms with Gasteiger partial charge in [-0.1, -0.05) is 97.1 Å². The lowest BCUT2D eigenvalue weighted by Gasteiger charge is -2.35. The number of hydrogen-bond acceptors (Lipinski definition) is 3. The highest BCUT2D eigenvalue weighted by Gasteiger charge is 2.41. The average Bonchev–Trinajstić information content (AvgIpc) is 2.81. The third-order valence-electron chi connectivity index (χ3n) is 4.87. The van der Waals surface area contributed by atoms with E-state index in [0.717, 1.165) is 11.1 Å².